The molecule has 35 heavy (non-hydrogen) atoms. The first-order valence-electron chi connectivity index (χ1n) is 11.8. The summed E-state index contributed by atoms with van der Waals surface area (Å²) in [5, 5.41) is 2.07. The number of aryl methyl sites for hydroxylation is 2. The third kappa shape index (κ3) is 2.86. The fourth-order valence-corrected chi connectivity index (χ4v) is 5.19. The van der Waals surface area contributed by atoms with Gasteiger partial charge in [-0.05, 0) is 62.7 Å². The number of anilines is 4. The number of benzene rings is 3. The van der Waals surface area contributed by atoms with E-state index in [4.69, 9.17) is 14.4 Å². The van der Waals surface area contributed by atoms with Crippen LogP contribution in [-0.2, 0) is 0 Å². The van der Waals surface area contributed by atoms with Gasteiger partial charge in [-0.2, -0.15) is 0 Å². The standard InChI is InChI=1S/C29H23N5O/c1-17-13-15-21-22-16-14-18(2)30-29(22)35-26(21)25(17)34-19(3)33(20-9-5-4-6-10-20)27-28(34)32-24-12-8-7-11-23(24)31-27/h4-16,19H,1-3H3. The summed E-state index contributed by atoms with van der Waals surface area (Å²) in [6.07, 6.45) is -0.0728. The minimum Gasteiger partial charge on any atom is -0.435 e. The highest BCUT2D eigenvalue weighted by Crippen LogP contribution is 2.49. The maximum atomic E-state index is 6.43. The van der Waals surface area contributed by atoms with Crippen LogP contribution < -0.4 is 9.80 Å². The summed E-state index contributed by atoms with van der Waals surface area (Å²) in [5.41, 5.74) is 7.32. The molecule has 6 nitrogen and oxygen atoms in total. The number of aromatic nitrogens is 3. The monoisotopic (exact) mass is 457 g/mol. The Labute approximate surface area is 202 Å². The fourth-order valence-electron chi connectivity index (χ4n) is 5.19. The van der Waals surface area contributed by atoms with Gasteiger partial charge in [0.25, 0.3) is 0 Å². The highest BCUT2D eigenvalue weighted by atomic mass is 16.3. The molecule has 7 rings (SSSR count). The molecule has 0 saturated carbocycles. The van der Waals surface area contributed by atoms with Crippen LogP contribution in [0.25, 0.3) is 33.1 Å². The maximum absolute atomic E-state index is 6.43. The van der Waals surface area contributed by atoms with Gasteiger partial charge in [0, 0.05) is 22.2 Å². The Morgan fingerprint density at radius 3 is 2.09 bits per heavy atom. The molecule has 0 saturated heterocycles. The van der Waals surface area contributed by atoms with Gasteiger partial charge in [-0.15, -0.1) is 0 Å². The Morgan fingerprint density at radius 2 is 1.34 bits per heavy atom. The van der Waals surface area contributed by atoms with E-state index in [1.807, 2.05) is 43.3 Å². The summed E-state index contributed by atoms with van der Waals surface area (Å²) in [7, 11) is 0. The summed E-state index contributed by atoms with van der Waals surface area (Å²) < 4.78 is 6.43. The summed E-state index contributed by atoms with van der Waals surface area (Å²) in [5.74, 6) is 1.66. The molecule has 1 aliphatic rings. The lowest BCUT2D eigenvalue weighted by Gasteiger charge is -2.30. The average Bonchev–Trinajstić information content (AvgIpc) is 3.36. The Hall–Kier alpha value is -4.45. The molecule has 0 spiro atoms. The number of pyridine rings is 1. The molecule has 0 N–H and O–H groups in total. The van der Waals surface area contributed by atoms with E-state index >= 15 is 0 Å². The van der Waals surface area contributed by atoms with Crippen LogP contribution in [0.1, 0.15) is 18.2 Å². The van der Waals surface area contributed by atoms with Crippen LogP contribution >= 0.6 is 0 Å². The summed E-state index contributed by atoms with van der Waals surface area (Å²) in [4.78, 5) is 19.4. The maximum Gasteiger partial charge on any atom is 0.227 e. The zero-order valence-corrected chi connectivity index (χ0v) is 19.7. The second kappa shape index (κ2) is 7.27. The van der Waals surface area contributed by atoms with Gasteiger partial charge in [-0.25, -0.2) is 15.0 Å². The van der Waals surface area contributed by atoms with Crippen LogP contribution in [0.3, 0.4) is 0 Å². The smallest absolute Gasteiger partial charge is 0.227 e. The molecule has 170 valence electrons. The average molecular weight is 458 g/mol. The Kier molecular flexibility index (Phi) is 4.15. The summed E-state index contributed by atoms with van der Waals surface area (Å²) >= 11 is 0. The predicted molar refractivity (Wildman–Crippen MR) is 141 cm³/mol. The number of para-hydroxylation sites is 3. The van der Waals surface area contributed by atoms with Gasteiger partial charge >= 0.3 is 0 Å². The van der Waals surface area contributed by atoms with E-state index in [9.17, 15) is 0 Å². The molecule has 6 aromatic rings. The molecule has 3 aromatic heterocycles. The highest BCUT2D eigenvalue weighted by molar-refractivity contribution is 6.10. The zero-order chi connectivity index (χ0) is 23.7. The first-order valence-corrected chi connectivity index (χ1v) is 11.8. The molecule has 1 unspecified atom stereocenters. The molecule has 0 amide bonds. The van der Waals surface area contributed by atoms with Gasteiger partial charge in [-0.1, -0.05) is 42.5 Å². The molecular formula is C29H23N5O. The normalized spacial score (nSPS) is 15.5. The van der Waals surface area contributed by atoms with E-state index in [0.717, 1.165) is 61.7 Å². The van der Waals surface area contributed by atoms with Crippen LogP contribution in [0.5, 0.6) is 0 Å². The molecule has 0 radical (unpaired) electrons. The zero-order valence-electron chi connectivity index (χ0n) is 19.7. The fraction of sp³-hybridized carbons (Fsp3) is 0.138. The second-order valence-corrected chi connectivity index (χ2v) is 9.08. The Bertz CT molecular complexity index is 1760. The Balaban J connectivity index is 1.54. The summed E-state index contributed by atoms with van der Waals surface area (Å²) in [6.45, 7) is 6.28. The second-order valence-electron chi connectivity index (χ2n) is 9.08. The molecule has 6 heteroatoms. The summed E-state index contributed by atoms with van der Waals surface area (Å²) in [6, 6.07) is 26.8. The SMILES string of the molecule is Cc1ccc2c(n1)oc1c(N3c4nc5ccccc5nc4N(c4ccccc4)C3C)c(C)ccc12. The van der Waals surface area contributed by atoms with E-state index in [-0.39, 0.29) is 6.17 Å². The third-order valence-corrected chi connectivity index (χ3v) is 6.84. The van der Waals surface area contributed by atoms with Crippen LogP contribution in [0.15, 0.2) is 83.3 Å². The van der Waals surface area contributed by atoms with Crippen LogP contribution in [0.4, 0.5) is 23.0 Å². The number of hydrogen-bond acceptors (Lipinski definition) is 6. The van der Waals surface area contributed by atoms with E-state index < -0.39 is 0 Å². The molecule has 0 bridgehead atoms. The molecule has 4 heterocycles. The van der Waals surface area contributed by atoms with Crippen molar-refractivity contribution in [3.8, 4) is 0 Å². The topological polar surface area (TPSA) is 58.3 Å². The molecule has 3 aromatic carbocycles. The lowest BCUT2D eigenvalue weighted by atomic mass is 10.1. The number of fused-ring (bicyclic) bond motifs is 5. The van der Waals surface area contributed by atoms with Crippen molar-refractivity contribution in [2.24, 2.45) is 0 Å². The lowest BCUT2D eigenvalue weighted by Crippen LogP contribution is -2.36. The first kappa shape index (κ1) is 20.0. The van der Waals surface area contributed by atoms with Crippen molar-refractivity contribution in [1.82, 2.24) is 15.0 Å². The van der Waals surface area contributed by atoms with Crippen molar-refractivity contribution in [2.75, 3.05) is 9.80 Å². The van der Waals surface area contributed by atoms with E-state index in [1.165, 1.54) is 0 Å². The number of nitrogens with zero attached hydrogens (tertiary/aromatic N) is 5. The van der Waals surface area contributed by atoms with Crippen molar-refractivity contribution >= 4 is 56.1 Å². The van der Waals surface area contributed by atoms with Crippen LogP contribution in [0.2, 0.25) is 0 Å². The van der Waals surface area contributed by atoms with Gasteiger partial charge < -0.3 is 9.32 Å². The van der Waals surface area contributed by atoms with Gasteiger partial charge in [0.15, 0.2) is 17.2 Å². The van der Waals surface area contributed by atoms with Crippen molar-refractivity contribution in [3.05, 3.63) is 90.1 Å². The largest absolute Gasteiger partial charge is 0.435 e. The van der Waals surface area contributed by atoms with Crippen molar-refractivity contribution in [3.63, 3.8) is 0 Å². The number of hydrogen-bond donors (Lipinski definition) is 0. The molecule has 0 aliphatic carbocycles. The highest BCUT2D eigenvalue weighted by Gasteiger charge is 2.40. The molecular weight excluding hydrogens is 434 g/mol. The van der Waals surface area contributed by atoms with Crippen molar-refractivity contribution in [2.45, 2.75) is 26.9 Å². The van der Waals surface area contributed by atoms with Crippen molar-refractivity contribution in [1.29, 1.82) is 0 Å². The van der Waals surface area contributed by atoms with Crippen LogP contribution in [0, 0.1) is 13.8 Å². The van der Waals surface area contributed by atoms with Crippen LogP contribution in [-0.4, -0.2) is 21.1 Å². The van der Waals surface area contributed by atoms with Gasteiger partial charge in [-0.3, -0.25) is 4.90 Å². The predicted octanol–water partition coefficient (Wildman–Crippen LogP) is 7.18. The minimum atomic E-state index is -0.0728. The molecule has 1 aliphatic heterocycles. The van der Waals surface area contributed by atoms with E-state index in [0.29, 0.717) is 5.71 Å². The van der Waals surface area contributed by atoms with Gasteiger partial charge in [0.2, 0.25) is 5.71 Å². The van der Waals surface area contributed by atoms with E-state index in [2.05, 4.69) is 71.1 Å². The number of rotatable bonds is 2. The van der Waals surface area contributed by atoms with Gasteiger partial charge in [0.1, 0.15) is 6.17 Å². The molecule has 1 atom stereocenters. The van der Waals surface area contributed by atoms with Crippen molar-refractivity contribution < 1.29 is 4.42 Å². The quantitative estimate of drug-likeness (QED) is 0.275. The molecule has 0 fully saturated rings. The third-order valence-electron chi connectivity index (χ3n) is 6.84. The Morgan fingerprint density at radius 1 is 0.686 bits per heavy atom. The lowest BCUT2D eigenvalue weighted by molar-refractivity contribution is 0.647. The first-order chi connectivity index (χ1) is 17.1. The van der Waals surface area contributed by atoms with Gasteiger partial charge in [0.05, 0.1) is 16.7 Å². The number of furan rings is 1. The minimum absolute atomic E-state index is 0.0728. The van der Waals surface area contributed by atoms with E-state index in [1.54, 1.807) is 0 Å².